The van der Waals surface area contributed by atoms with E-state index in [0.29, 0.717) is 5.89 Å². The van der Waals surface area contributed by atoms with Gasteiger partial charge in [-0.3, -0.25) is 0 Å². The van der Waals surface area contributed by atoms with Gasteiger partial charge in [-0.05, 0) is 18.2 Å². The molecule has 0 aliphatic rings. The van der Waals surface area contributed by atoms with Crippen molar-refractivity contribution < 1.29 is 27.4 Å². The molecule has 1 heterocycles. The molecule has 2 N–H and O–H groups in total. The number of aliphatic hydroxyl groups excluding tert-OH is 1. The molecule has 2 rings (SSSR count). The predicted octanol–water partition coefficient (Wildman–Crippen LogP) is 3.20. The molecule has 0 atom stereocenters. The van der Waals surface area contributed by atoms with E-state index >= 15 is 0 Å². The van der Waals surface area contributed by atoms with E-state index in [9.17, 15) is 13.2 Å². The minimum absolute atomic E-state index is 0.0281. The van der Waals surface area contributed by atoms with Crippen molar-refractivity contribution >= 4 is 5.69 Å². The van der Waals surface area contributed by atoms with Gasteiger partial charge in [0.1, 0.15) is 12.4 Å². The third-order valence-corrected chi connectivity index (χ3v) is 3.06. The van der Waals surface area contributed by atoms with Crippen LogP contribution < -0.4 is 10.1 Å². The van der Waals surface area contributed by atoms with Gasteiger partial charge in [0.2, 0.25) is 11.8 Å². The standard InChI is InChI=1S/C15H18F3N3O3/c1-9(2)14-21-20-13(24-14)8-19-12-4-3-10(23-6-5-22)7-11(12)15(16,17)18/h3-4,7,9,19,22H,5-6,8H2,1-2H3. The first-order valence-corrected chi connectivity index (χ1v) is 7.32. The van der Waals surface area contributed by atoms with E-state index in [2.05, 4.69) is 15.5 Å². The largest absolute Gasteiger partial charge is 0.491 e. The van der Waals surface area contributed by atoms with Crippen molar-refractivity contribution in [1.82, 2.24) is 10.2 Å². The van der Waals surface area contributed by atoms with E-state index in [4.69, 9.17) is 14.3 Å². The molecule has 1 aromatic carbocycles. The summed E-state index contributed by atoms with van der Waals surface area (Å²) in [6.07, 6.45) is -4.56. The van der Waals surface area contributed by atoms with E-state index in [0.717, 1.165) is 6.07 Å². The Morgan fingerprint density at radius 1 is 1.29 bits per heavy atom. The number of alkyl halides is 3. The van der Waals surface area contributed by atoms with Gasteiger partial charge < -0.3 is 19.6 Å². The molecule has 0 unspecified atom stereocenters. The van der Waals surface area contributed by atoms with Crippen molar-refractivity contribution in [1.29, 1.82) is 0 Å². The molecular formula is C15H18F3N3O3. The SMILES string of the molecule is CC(C)c1nnc(CNc2ccc(OCCO)cc2C(F)(F)F)o1. The van der Waals surface area contributed by atoms with E-state index in [1.54, 1.807) is 0 Å². The Morgan fingerprint density at radius 2 is 2.04 bits per heavy atom. The van der Waals surface area contributed by atoms with Gasteiger partial charge in [-0.2, -0.15) is 13.2 Å². The number of anilines is 1. The Hall–Kier alpha value is -2.29. The lowest BCUT2D eigenvalue weighted by atomic mass is 10.1. The van der Waals surface area contributed by atoms with E-state index in [1.807, 2.05) is 13.8 Å². The molecule has 0 spiro atoms. The Kier molecular flexibility index (Phi) is 5.66. The molecule has 24 heavy (non-hydrogen) atoms. The molecule has 0 aliphatic carbocycles. The summed E-state index contributed by atoms with van der Waals surface area (Å²) >= 11 is 0. The van der Waals surface area contributed by atoms with Gasteiger partial charge in [0, 0.05) is 11.6 Å². The lowest BCUT2D eigenvalue weighted by Gasteiger charge is -2.15. The molecule has 0 saturated carbocycles. The zero-order valence-corrected chi connectivity index (χ0v) is 13.2. The molecule has 0 bridgehead atoms. The maximum absolute atomic E-state index is 13.2. The smallest absolute Gasteiger partial charge is 0.418 e. The molecule has 6 nitrogen and oxygen atoms in total. The number of hydrogen-bond acceptors (Lipinski definition) is 6. The normalized spacial score (nSPS) is 11.8. The average Bonchev–Trinajstić information content (AvgIpc) is 2.99. The summed E-state index contributed by atoms with van der Waals surface area (Å²) in [5.74, 6) is 0.699. The minimum Gasteiger partial charge on any atom is -0.491 e. The fourth-order valence-corrected chi connectivity index (χ4v) is 1.91. The molecule has 0 amide bonds. The van der Waals surface area contributed by atoms with Crippen LogP contribution in [-0.4, -0.2) is 28.5 Å². The van der Waals surface area contributed by atoms with Crippen LogP contribution >= 0.6 is 0 Å². The lowest BCUT2D eigenvalue weighted by Crippen LogP contribution is -2.12. The summed E-state index contributed by atoms with van der Waals surface area (Å²) in [6, 6.07) is 3.53. The van der Waals surface area contributed by atoms with Gasteiger partial charge in [0.15, 0.2) is 0 Å². The molecule has 1 aromatic heterocycles. The second kappa shape index (κ2) is 7.52. The van der Waals surface area contributed by atoms with Crippen molar-refractivity contribution in [3.8, 4) is 5.75 Å². The van der Waals surface area contributed by atoms with Crippen LogP contribution in [-0.2, 0) is 12.7 Å². The summed E-state index contributed by atoms with van der Waals surface area (Å²) in [5, 5.41) is 18.9. The van der Waals surface area contributed by atoms with Gasteiger partial charge in [-0.15, -0.1) is 10.2 Å². The number of nitrogens with one attached hydrogen (secondary N) is 1. The van der Waals surface area contributed by atoms with Crippen LogP contribution in [0.4, 0.5) is 18.9 Å². The van der Waals surface area contributed by atoms with Crippen molar-refractivity contribution in [3.05, 3.63) is 35.5 Å². The topological polar surface area (TPSA) is 80.4 Å². The number of halogens is 3. The summed E-state index contributed by atoms with van der Waals surface area (Å²) in [7, 11) is 0. The Bertz CT molecular complexity index is 671. The van der Waals surface area contributed by atoms with Crippen LogP contribution in [0.3, 0.4) is 0 Å². The predicted molar refractivity (Wildman–Crippen MR) is 79.7 cm³/mol. The van der Waals surface area contributed by atoms with Crippen molar-refractivity contribution in [2.24, 2.45) is 0 Å². The van der Waals surface area contributed by atoms with Gasteiger partial charge in [0.25, 0.3) is 0 Å². The third-order valence-electron chi connectivity index (χ3n) is 3.06. The molecule has 0 aliphatic heterocycles. The number of rotatable bonds is 7. The highest BCUT2D eigenvalue weighted by Crippen LogP contribution is 2.37. The van der Waals surface area contributed by atoms with Crippen LogP contribution in [0.1, 0.15) is 37.1 Å². The maximum Gasteiger partial charge on any atom is 0.418 e. The second-order valence-electron chi connectivity index (χ2n) is 5.32. The zero-order chi connectivity index (χ0) is 17.7. The van der Waals surface area contributed by atoms with Gasteiger partial charge in [-0.1, -0.05) is 13.8 Å². The lowest BCUT2D eigenvalue weighted by molar-refractivity contribution is -0.137. The Morgan fingerprint density at radius 3 is 2.62 bits per heavy atom. The summed E-state index contributed by atoms with van der Waals surface area (Å²) in [6.45, 7) is 3.36. The average molecular weight is 345 g/mol. The van der Waals surface area contributed by atoms with E-state index < -0.39 is 11.7 Å². The molecule has 132 valence electrons. The molecule has 0 fully saturated rings. The third kappa shape index (κ3) is 4.60. The second-order valence-corrected chi connectivity index (χ2v) is 5.32. The number of aliphatic hydroxyl groups is 1. The quantitative estimate of drug-likeness (QED) is 0.802. The summed E-state index contributed by atoms with van der Waals surface area (Å²) in [5.41, 5.74) is -0.996. The summed E-state index contributed by atoms with van der Waals surface area (Å²) in [4.78, 5) is 0. The van der Waals surface area contributed by atoms with Crippen LogP contribution in [0.25, 0.3) is 0 Å². The van der Waals surface area contributed by atoms with Crippen LogP contribution in [0.2, 0.25) is 0 Å². The molecule has 0 saturated heterocycles. The number of ether oxygens (including phenoxy) is 1. The van der Waals surface area contributed by atoms with Crippen molar-refractivity contribution in [2.75, 3.05) is 18.5 Å². The van der Waals surface area contributed by atoms with Crippen LogP contribution in [0.15, 0.2) is 22.6 Å². The van der Waals surface area contributed by atoms with Gasteiger partial charge in [-0.25, -0.2) is 0 Å². The fourth-order valence-electron chi connectivity index (χ4n) is 1.91. The van der Waals surface area contributed by atoms with Crippen LogP contribution in [0, 0.1) is 0 Å². The first-order valence-electron chi connectivity index (χ1n) is 7.32. The van der Waals surface area contributed by atoms with Crippen LogP contribution in [0.5, 0.6) is 5.75 Å². The summed E-state index contributed by atoms with van der Waals surface area (Å²) < 4.78 is 49.9. The number of aromatic nitrogens is 2. The maximum atomic E-state index is 13.2. The highest BCUT2D eigenvalue weighted by Gasteiger charge is 2.34. The van der Waals surface area contributed by atoms with E-state index in [-0.39, 0.29) is 43.0 Å². The molecule has 2 aromatic rings. The number of hydrogen-bond donors (Lipinski definition) is 2. The van der Waals surface area contributed by atoms with Gasteiger partial charge in [0.05, 0.1) is 18.7 Å². The first-order chi connectivity index (χ1) is 11.3. The molecular weight excluding hydrogens is 327 g/mol. The fraction of sp³-hybridized carbons (Fsp3) is 0.467. The minimum atomic E-state index is -4.56. The van der Waals surface area contributed by atoms with Gasteiger partial charge >= 0.3 is 6.18 Å². The highest BCUT2D eigenvalue weighted by atomic mass is 19.4. The molecule has 9 heteroatoms. The number of nitrogens with zero attached hydrogens (tertiary/aromatic N) is 2. The van der Waals surface area contributed by atoms with Crippen molar-refractivity contribution in [3.63, 3.8) is 0 Å². The van der Waals surface area contributed by atoms with E-state index in [1.165, 1.54) is 12.1 Å². The Balaban J connectivity index is 2.15. The van der Waals surface area contributed by atoms with Crippen molar-refractivity contribution in [2.45, 2.75) is 32.5 Å². The monoisotopic (exact) mass is 345 g/mol. The number of benzene rings is 1. The Labute approximate surface area is 136 Å². The zero-order valence-electron chi connectivity index (χ0n) is 13.2. The highest BCUT2D eigenvalue weighted by molar-refractivity contribution is 5.55. The first kappa shape index (κ1) is 18.1. The molecule has 0 radical (unpaired) electrons.